The van der Waals surface area contributed by atoms with Gasteiger partial charge in [-0.1, -0.05) is 194 Å². The Morgan fingerprint density at radius 2 is 0.857 bits per heavy atom. The van der Waals surface area contributed by atoms with Gasteiger partial charge in [-0.3, -0.25) is 0 Å². The van der Waals surface area contributed by atoms with Gasteiger partial charge in [0.2, 0.25) is 0 Å². The molecule has 1 heteroatoms. The highest BCUT2D eigenvalue weighted by Crippen LogP contribution is 2.51. The molecule has 6 aromatic carbocycles. The van der Waals surface area contributed by atoms with E-state index in [0.717, 1.165) is 0 Å². The van der Waals surface area contributed by atoms with Crippen LogP contribution in [0.3, 0.4) is 0 Å². The van der Waals surface area contributed by atoms with Crippen molar-refractivity contribution >= 4 is 17.1 Å². The van der Waals surface area contributed by atoms with Crippen LogP contribution in [0, 0.1) is 0 Å². The van der Waals surface area contributed by atoms with Gasteiger partial charge in [-0.2, -0.15) is 0 Å². The maximum absolute atomic E-state index is 2.53. The van der Waals surface area contributed by atoms with Gasteiger partial charge in [0.15, 0.2) is 0 Å². The highest BCUT2D eigenvalue weighted by atomic mass is 15.1. The van der Waals surface area contributed by atoms with Crippen molar-refractivity contribution in [3.8, 4) is 33.4 Å². The number of benzene rings is 6. The minimum atomic E-state index is -0.0998. The average Bonchev–Trinajstić information content (AvgIpc) is 3.36. The van der Waals surface area contributed by atoms with Crippen LogP contribution in [-0.2, 0) is 27.1 Å². The first-order chi connectivity index (χ1) is 26.0. The number of anilines is 3. The molecule has 0 spiro atoms. The van der Waals surface area contributed by atoms with Crippen LogP contribution < -0.4 is 4.90 Å². The molecule has 56 heavy (non-hydrogen) atoms. The van der Waals surface area contributed by atoms with E-state index in [4.69, 9.17) is 0 Å². The Balaban J connectivity index is 1.41. The first kappa shape index (κ1) is 39.4. The lowest BCUT2D eigenvalue weighted by molar-refractivity contribution is 0.569. The summed E-state index contributed by atoms with van der Waals surface area (Å²) in [5.41, 5.74) is 19.3. The number of nitrogens with zero attached hydrogens (tertiary/aromatic N) is 1. The molecule has 0 unspecified atom stereocenters. The van der Waals surface area contributed by atoms with Crippen LogP contribution in [0.1, 0.15) is 130 Å². The summed E-state index contributed by atoms with van der Waals surface area (Å²) in [6, 6.07) is 48.8. The van der Waals surface area contributed by atoms with Crippen LogP contribution in [0.15, 0.2) is 127 Å². The first-order valence-electron chi connectivity index (χ1n) is 20.6. The number of para-hydroxylation sites is 1. The van der Waals surface area contributed by atoms with Crippen molar-refractivity contribution in [1.82, 2.24) is 0 Å². The number of hydrogen-bond acceptors (Lipinski definition) is 1. The monoisotopic (exact) mass is 737 g/mol. The minimum absolute atomic E-state index is 0.0570. The molecule has 1 aliphatic carbocycles. The second kappa shape index (κ2) is 13.7. The maximum atomic E-state index is 2.53. The summed E-state index contributed by atoms with van der Waals surface area (Å²) < 4.78 is 0. The Morgan fingerprint density at radius 3 is 1.41 bits per heavy atom. The third-order valence-electron chi connectivity index (χ3n) is 12.0. The Labute approximate surface area is 338 Å². The maximum Gasteiger partial charge on any atom is 0.0498 e. The van der Waals surface area contributed by atoms with E-state index >= 15 is 0 Å². The summed E-state index contributed by atoms with van der Waals surface area (Å²) in [6.07, 6.45) is 0. The Kier molecular flexibility index (Phi) is 9.59. The normalized spacial score (nSPS) is 14.0. The van der Waals surface area contributed by atoms with E-state index < -0.39 is 0 Å². The average molecular weight is 738 g/mol. The van der Waals surface area contributed by atoms with Crippen LogP contribution in [-0.4, -0.2) is 0 Å². The van der Waals surface area contributed by atoms with Gasteiger partial charge in [0.05, 0.1) is 0 Å². The molecule has 7 rings (SSSR count). The molecule has 6 aromatic rings. The molecule has 0 fully saturated rings. The van der Waals surface area contributed by atoms with Crippen LogP contribution in [0.25, 0.3) is 33.4 Å². The summed E-state index contributed by atoms with van der Waals surface area (Å²) >= 11 is 0. The van der Waals surface area contributed by atoms with Crippen molar-refractivity contribution in [1.29, 1.82) is 0 Å². The van der Waals surface area contributed by atoms with Crippen molar-refractivity contribution in [2.24, 2.45) is 0 Å². The summed E-state index contributed by atoms with van der Waals surface area (Å²) in [5, 5.41) is 0. The second-order valence-electron chi connectivity index (χ2n) is 20.9. The van der Waals surface area contributed by atoms with E-state index in [1.165, 1.54) is 83.8 Å². The van der Waals surface area contributed by atoms with Gasteiger partial charge in [-0.05, 0) is 119 Å². The van der Waals surface area contributed by atoms with Crippen molar-refractivity contribution in [3.63, 3.8) is 0 Å². The Morgan fingerprint density at radius 1 is 0.375 bits per heavy atom. The second-order valence-corrected chi connectivity index (χ2v) is 20.9. The third kappa shape index (κ3) is 7.38. The Hall–Kier alpha value is -4.88. The first-order valence-corrected chi connectivity index (χ1v) is 20.6. The molecule has 0 aromatic heterocycles. The topological polar surface area (TPSA) is 3.24 Å². The van der Waals surface area contributed by atoms with Gasteiger partial charge in [0.25, 0.3) is 0 Å². The largest absolute Gasteiger partial charge is 0.310 e. The highest BCUT2D eigenvalue weighted by Gasteiger charge is 2.36. The van der Waals surface area contributed by atoms with Gasteiger partial charge in [-0.15, -0.1) is 0 Å². The van der Waals surface area contributed by atoms with E-state index in [2.05, 4.69) is 229 Å². The van der Waals surface area contributed by atoms with Crippen LogP contribution in [0.4, 0.5) is 17.1 Å². The smallest absolute Gasteiger partial charge is 0.0498 e. The van der Waals surface area contributed by atoms with E-state index in [-0.39, 0.29) is 27.1 Å². The van der Waals surface area contributed by atoms with Crippen LogP contribution in [0.5, 0.6) is 0 Å². The van der Waals surface area contributed by atoms with Crippen LogP contribution >= 0.6 is 0 Å². The fourth-order valence-electron chi connectivity index (χ4n) is 8.42. The SMILES string of the molecule is CC(C)(C)c1cc(-c2ccc(-c3cc(C(C)(C)C)cc(C(C)(C)C)c3)cc2)cc(N(c2ccc3c(c2)C(C)(C)c2ccccc2-3)c2ccccc2C(C)(C)C)c1. The highest BCUT2D eigenvalue weighted by molar-refractivity contribution is 5.87. The lowest BCUT2D eigenvalue weighted by Crippen LogP contribution is -2.21. The standard InChI is InChI=1S/C55H63N/c1-51(2,3)40-29-38(30-41(33-40)52(4,5)6)36-23-25-37(26-24-36)39-31-42(53(7,8)9)34-44(32-39)56(50-22-18-17-21-48(50)54(10,11)12)43-27-28-46-45-19-15-16-20-47(45)55(13,14)49(46)35-43/h15-35H,1-14H3. The molecular formula is C55H63N. The zero-order valence-electron chi connectivity index (χ0n) is 36.6. The van der Waals surface area contributed by atoms with E-state index in [0.29, 0.717) is 0 Å². The third-order valence-corrected chi connectivity index (χ3v) is 12.0. The van der Waals surface area contributed by atoms with Gasteiger partial charge in [0.1, 0.15) is 0 Å². The lowest BCUT2D eigenvalue weighted by atomic mass is 9.79. The molecule has 0 heterocycles. The van der Waals surface area contributed by atoms with Gasteiger partial charge < -0.3 is 4.90 Å². The zero-order valence-corrected chi connectivity index (χ0v) is 36.6. The fraction of sp³-hybridized carbons (Fsp3) is 0.345. The van der Waals surface area contributed by atoms with E-state index in [1.807, 2.05) is 0 Å². The molecule has 0 saturated heterocycles. The molecule has 0 atom stereocenters. The van der Waals surface area contributed by atoms with Gasteiger partial charge in [-0.25, -0.2) is 0 Å². The quantitative estimate of drug-likeness (QED) is 0.170. The molecule has 0 radical (unpaired) electrons. The van der Waals surface area contributed by atoms with Gasteiger partial charge in [0, 0.05) is 22.5 Å². The number of rotatable bonds is 5. The van der Waals surface area contributed by atoms with Crippen molar-refractivity contribution in [2.45, 2.75) is 124 Å². The molecule has 1 aliphatic rings. The van der Waals surface area contributed by atoms with Crippen molar-refractivity contribution in [2.75, 3.05) is 4.90 Å². The van der Waals surface area contributed by atoms with E-state index in [1.54, 1.807) is 0 Å². The zero-order chi connectivity index (χ0) is 40.6. The minimum Gasteiger partial charge on any atom is -0.310 e. The predicted octanol–water partition coefficient (Wildman–Crippen LogP) is 16.0. The van der Waals surface area contributed by atoms with E-state index in [9.17, 15) is 0 Å². The predicted molar refractivity (Wildman–Crippen MR) is 244 cm³/mol. The lowest BCUT2D eigenvalue weighted by Gasteiger charge is -2.34. The van der Waals surface area contributed by atoms with Gasteiger partial charge >= 0.3 is 0 Å². The summed E-state index contributed by atoms with van der Waals surface area (Å²) in [7, 11) is 0. The molecule has 0 bridgehead atoms. The summed E-state index contributed by atoms with van der Waals surface area (Å²) in [4.78, 5) is 2.53. The molecule has 0 amide bonds. The number of fused-ring (bicyclic) bond motifs is 3. The molecule has 0 N–H and O–H groups in total. The van der Waals surface area contributed by atoms with Crippen LogP contribution in [0.2, 0.25) is 0 Å². The molecule has 0 saturated carbocycles. The van der Waals surface area contributed by atoms with Crippen molar-refractivity contribution in [3.05, 3.63) is 161 Å². The molecule has 1 nitrogen and oxygen atoms in total. The molecule has 0 aliphatic heterocycles. The number of hydrogen-bond donors (Lipinski definition) is 0. The Bertz CT molecular complexity index is 2380. The molecule has 288 valence electrons. The molecular weight excluding hydrogens is 675 g/mol. The fourth-order valence-corrected chi connectivity index (χ4v) is 8.42. The summed E-state index contributed by atoms with van der Waals surface area (Å²) in [5.74, 6) is 0. The summed E-state index contributed by atoms with van der Waals surface area (Å²) in [6.45, 7) is 32.6. The van der Waals surface area contributed by atoms with Crippen molar-refractivity contribution < 1.29 is 0 Å².